The van der Waals surface area contributed by atoms with E-state index < -0.39 is 0 Å². The lowest BCUT2D eigenvalue weighted by Gasteiger charge is -2.26. The van der Waals surface area contributed by atoms with Crippen molar-refractivity contribution >= 4 is 0 Å². The maximum Gasteiger partial charge on any atom is 0.0702 e. The van der Waals surface area contributed by atoms with E-state index in [2.05, 4.69) is 11.5 Å². The molecular formula is C13H23NO2. The van der Waals surface area contributed by atoms with E-state index in [0.29, 0.717) is 12.2 Å². The topological polar surface area (TPSA) is 21.7 Å². The molecule has 0 amide bonds. The zero-order valence-electron chi connectivity index (χ0n) is 10.1. The molecule has 0 spiro atoms. The van der Waals surface area contributed by atoms with Crippen molar-refractivity contribution in [3.8, 4) is 0 Å². The molecule has 92 valence electrons. The molecule has 2 heterocycles. The Morgan fingerprint density at radius 1 is 1.06 bits per heavy atom. The molecule has 2 rings (SSSR count). The lowest BCUT2D eigenvalue weighted by Crippen LogP contribution is -2.37. The van der Waals surface area contributed by atoms with Crippen LogP contribution in [0.2, 0.25) is 0 Å². The Kier molecular flexibility index (Phi) is 4.82. The predicted octanol–water partition coefficient (Wildman–Crippen LogP) is 1.83. The standard InChI is InChI=1S/C13H23NO2/c1-2-7-14(10-12-5-3-8-15-12)11-13-6-4-9-16-13/h2,12-13H,1,3-11H2/t12-,13-/m1/s1. The van der Waals surface area contributed by atoms with Gasteiger partial charge in [0.1, 0.15) is 0 Å². The molecule has 0 bridgehead atoms. The fourth-order valence-electron chi connectivity index (χ4n) is 2.56. The quantitative estimate of drug-likeness (QED) is 0.644. The van der Waals surface area contributed by atoms with E-state index in [4.69, 9.17) is 9.47 Å². The van der Waals surface area contributed by atoms with Crippen LogP contribution >= 0.6 is 0 Å². The maximum absolute atomic E-state index is 5.68. The van der Waals surface area contributed by atoms with E-state index in [9.17, 15) is 0 Å². The molecule has 3 nitrogen and oxygen atoms in total. The van der Waals surface area contributed by atoms with Crippen molar-refractivity contribution in [1.29, 1.82) is 0 Å². The van der Waals surface area contributed by atoms with Crippen LogP contribution in [0.25, 0.3) is 0 Å². The van der Waals surface area contributed by atoms with Gasteiger partial charge in [0, 0.05) is 32.8 Å². The number of hydrogen-bond donors (Lipinski definition) is 0. The molecule has 2 fully saturated rings. The molecular weight excluding hydrogens is 202 g/mol. The summed E-state index contributed by atoms with van der Waals surface area (Å²) in [7, 11) is 0. The van der Waals surface area contributed by atoms with Gasteiger partial charge in [-0.1, -0.05) is 6.08 Å². The lowest BCUT2D eigenvalue weighted by molar-refractivity contribution is 0.0421. The van der Waals surface area contributed by atoms with Gasteiger partial charge in [-0.05, 0) is 25.7 Å². The monoisotopic (exact) mass is 225 g/mol. The van der Waals surface area contributed by atoms with Crippen LogP contribution in [0, 0.1) is 0 Å². The molecule has 2 atom stereocenters. The van der Waals surface area contributed by atoms with E-state index in [0.717, 1.165) is 32.8 Å². The van der Waals surface area contributed by atoms with Crippen molar-refractivity contribution in [1.82, 2.24) is 4.90 Å². The van der Waals surface area contributed by atoms with E-state index >= 15 is 0 Å². The lowest BCUT2D eigenvalue weighted by atomic mass is 10.2. The van der Waals surface area contributed by atoms with Gasteiger partial charge in [0.2, 0.25) is 0 Å². The van der Waals surface area contributed by atoms with Crippen LogP contribution < -0.4 is 0 Å². The molecule has 2 saturated heterocycles. The molecule has 0 aromatic carbocycles. The Hall–Kier alpha value is -0.380. The van der Waals surface area contributed by atoms with Gasteiger partial charge in [0.05, 0.1) is 12.2 Å². The average molecular weight is 225 g/mol. The largest absolute Gasteiger partial charge is 0.377 e. The van der Waals surface area contributed by atoms with Gasteiger partial charge in [0.15, 0.2) is 0 Å². The van der Waals surface area contributed by atoms with Crippen LogP contribution in [0.4, 0.5) is 0 Å². The molecule has 0 unspecified atom stereocenters. The summed E-state index contributed by atoms with van der Waals surface area (Å²) in [6.07, 6.45) is 7.68. The van der Waals surface area contributed by atoms with Gasteiger partial charge < -0.3 is 9.47 Å². The van der Waals surface area contributed by atoms with Crippen molar-refractivity contribution in [2.75, 3.05) is 32.8 Å². The third-order valence-electron chi connectivity index (χ3n) is 3.36. The average Bonchev–Trinajstić information content (AvgIpc) is 2.91. The van der Waals surface area contributed by atoms with Gasteiger partial charge in [-0.3, -0.25) is 4.90 Å². The molecule has 0 N–H and O–H groups in total. The summed E-state index contributed by atoms with van der Waals surface area (Å²) >= 11 is 0. The number of ether oxygens (including phenoxy) is 2. The third-order valence-corrected chi connectivity index (χ3v) is 3.36. The third kappa shape index (κ3) is 3.58. The summed E-state index contributed by atoms with van der Waals surface area (Å²) in [6.45, 7) is 8.71. The molecule has 2 aliphatic rings. The van der Waals surface area contributed by atoms with E-state index in [1.54, 1.807) is 0 Å². The van der Waals surface area contributed by atoms with Gasteiger partial charge >= 0.3 is 0 Å². The van der Waals surface area contributed by atoms with E-state index in [1.807, 2.05) is 6.08 Å². The SMILES string of the molecule is C=CCN(C[C@H]1CCCO1)C[C@H]1CCCO1. The summed E-state index contributed by atoms with van der Waals surface area (Å²) in [6, 6.07) is 0. The highest BCUT2D eigenvalue weighted by Gasteiger charge is 2.22. The van der Waals surface area contributed by atoms with Crippen LogP contribution in [0.3, 0.4) is 0 Å². The number of rotatable bonds is 6. The summed E-state index contributed by atoms with van der Waals surface area (Å²) in [4.78, 5) is 2.42. The summed E-state index contributed by atoms with van der Waals surface area (Å²) in [5.41, 5.74) is 0. The van der Waals surface area contributed by atoms with Gasteiger partial charge in [0.25, 0.3) is 0 Å². The Morgan fingerprint density at radius 3 is 2.00 bits per heavy atom. The van der Waals surface area contributed by atoms with Crippen LogP contribution in [-0.4, -0.2) is 50.0 Å². The van der Waals surface area contributed by atoms with Crippen molar-refractivity contribution in [2.45, 2.75) is 37.9 Å². The second-order valence-electron chi connectivity index (χ2n) is 4.78. The Labute approximate surface area is 98.4 Å². The molecule has 16 heavy (non-hydrogen) atoms. The van der Waals surface area contributed by atoms with E-state index in [-0.39, 0.29) is 0 Å². The first-order chi connectivity index (χ1) is 7.88. The van der Waals surface area contributed by atoms with Crippen LogP contribution in [0.1, 0.15) is 25.7 Å². The summed E-state index contributed by atoms with van der Waals surface area (Å²) in [5.74, 6) is 0. The zero-order valence-corrected chi connectivity index (χ0v) is 10.1. The summed E-state index contributed by atoms with van der Waals surface area (Å²) < 4.78 is 11.4. The van der Waals surface area contributed by atoms with Crippen LogP contribution in [0.15, 0.2) is 12.7 Å². The van der Waals surface area contributed by atoms with Crippen molar-refractivity contribution in [2.24, 2.45) is 0 Å². The Balaban J connectivity index is 1.75. The molecule has 0 radical (unpaired) electrons. The maximum atomic E-state index is 5.68. The van der Waals surface area contributed by atoms with Crippen molar-refractivity contribution in [3.63, 3.8) is 0 Å². The molecule has 2 aliphatic heterocycles. The van der Waals surface area contributed by atoms with Crippen molar-refractivity contribution in [3.05, 3.63) is 12.7 Å². The fraction of sp³-hybridized carbons (Fsp3) is 0.846. The first-order valence-corrected chi connectivity index (χ1v) is 6.45. The number of hydrogen-bond acceptors (Lipinski definition) is 3. The first-order valence-electron chi connectivity index (χ1n) is 6.45. The highest BCUT2D eigenvalue weighted by molar-refractivity contribution is 4.80. The molecule has 0 aromatic heterocycles. The normalized spacial score (nSPS) is 30.1. The molecule has 0 aliphatic carbocycles. The second-order valence-corrected chi connectivity index (χ2v) is 4.78. The Bertz CT molecular complexity index is 190. The predicted molar refractivity (Wildman–Crippen MR) is 64.6 cm³/mol. The summed E-state index contributed by atoms with van der Waals surface area (Å²) in [5, 5.41) is 0. The Morgan fingerprint density at radius 2 is 1.62 bits per heavy atom. The highest BCUT2D eigenvalue weighted by atomic mass is 16.5. The van der Waals surface area contributed by atoms with Gasteiger partial charge in [-0.25, -0.2) is 0 Å². The van der Waals surface area contributed by atoms with Gasteiger partial charge in [-0.2, -0.15) is 0 Å². The van der Waals surface area contributed by atoms with Crippen molar-refractivity contribution < 1.29 is 9.47 Å². The van der Waals surface area contributed by atoms with Crippen LogP contribution in [0.5, 0.6) is 0 Å². The van der Waals surface area contributed by atoms with E-state index in [1.165, 1.54) is 25.7 Å². The zero-order chi connectivity index (χ0) is 11.2. The van der Waals surface area contributed by atoms with Gasteiger partial charge in [-0.15, -0.1) is 6.58 Å². The minimum Gasteiger partial charge on any atom is -0.377 e. The second kappa shape index (κ2) is 6.38. The first kappa shape index (κ1) is 12.1. The highest BCUT2D eigenvalue weighted by Crippen LogP contribution is 2.17. The minimum atomic E-state index is 0.432. The molecule has 3 heteroatoms. The number of nitrogens with zero attached hydrogens (tertiary/aromatic N) is 1. The fourth-order valence-corrected chi connectivity index (χ4v) is 2.56. The van der Waals surface area contributed by atoms with Crippen LogP contribution in [-0.2, 0) is 9.47 Å². The smallest absolute Gasteiger partial charge is 0.0702 e. The molecule has 0 aromatic rings. The minimum absolute atomic E-state index is 0.432. The molecule has 0 saturated carbocycles.